The Bertz CT molecular complexity index is 1130. The number of fused-ring (bicyclic) bond motifs is 1. The molecule has 1 unspecified atom stereocenters. The van der Waals surface area contributed by atoms with Crippen molar-refractivity contribution >= 4 is 21.3 Å². The first-order chi connectivity index (χ1) is 13.8. The van der Waals surface area contributed by atoms with Gasteiger partial charge in [-0.25, -0.2) is 37.1 Å². The van der Waals surface area contributed by atoms with Gasteiger partial charge in [0.15, 0.2) is 11.5 Å². The molecule has 0 saturated carbocycles. The zero-order valence-corrected chi connectivity index (χ0v) is 16.6. The second-order valence-corrected chi connectivity index (χ2v) is 9.45. The summed E-state index contributed by atoms with van der Waals surface area (Å²) < 4.78 is 50.8. The summed E-state index contributed by atoms with van der Waals surface area (Å²) in [5.41, 5.74) is 0.549. The number of sulfone groups is 1. The molecule has 1 atom stereocenters. The maximum absolute atomic E-state index is 13.0. The summed E-state index contributed by atoms with van der Waals surface area (Å²) in [4.78, 5) is 18.8. The maximum atomic E-state index is 13.0. The summed E-state index contributed by atoms with van der Waals surface area (Å²) in [6.45, 7) is 1.36. The zero-order valence-electron chi connectivity index (χ0n) is 15.7. The number of halogens is 2. The molecule has 3 aromatic rings. The molecule has 11 heteroatoms. The smallest absolute Gasteiger partial charge is 0.281 e. The number of aromatic nitrogens is 5. The second-order valence-electron chi connectivity index (χ2n) is 7.27. The molecule has 8 nitrogen and oxygen atoms in total. The van der Waals surface area contributed by atoms with Gasteiger partial charge in [0.2, 0.25) is 0 Å². The minimum absolute atomic E-state index is 0.0487. The molecule has 0 bridgehead atoms. The van der Waals surface area contributed by atoms with Crippen molar-refractivity contribution in [2.24, 2.45) is 5.92 Å². The predicted molar refractivity (Wildman–Crippen MR) is 104 cm³/mol. The van der Waals surface area contributed by atoms with Gasteiger partial charge in [-0.3, -0.25) is 4.40 Å². The van der Waals surface area contributed by atoms with Gasteiger partial charge in [-0.2, -0.15) is 0 Å². The Morgan fingerprint density at radius 2 is 2.07 bits per heavy atom. The Balaban J connectivity index is 1.64. The third-order valence-electron chi connectivity index (χ3n) is 4.89. The summed E-state index contributed by atoms with van der Waals surface area (Å²) in [5.74, 6) is 1.23. The maximum Gasteiger partial charge on any atom is 0.281 e. The van der Waals surface area contributed by atoms with Crippen LogP contribution in [-0.2, 0) is 9.84 Å². The lowest BCUT2D eigenvalue weighted by molar-refractivity contribution is 0.145. The number of nitrogens with zero attached hydrogens (tertiary/aromatic N) is 6. The number of imidazole rings is 1. The molecule has 4 rings (SSSR count). The van der Waals surface area contributed by atoms with Crippen molar-refractivity contribution in [3.63, 3.8) is 0 Å². The van der Waals surface area contributed by atoms with E-state index < -0.39 is 16.3 Å². The highest BCUT2D eigenvalue weighted by Gasteiger charge is 2.24. The van der Waals surface area contributed by atoms with Crippen molar-refractivity contribution in [3.05, 3.63) is 36.5 Å². The fraction of sp³-hybridized carbons (Fsp3) is 0.444. The molecule has 1 fully saturated rings. The first-order valence-electron chi connectivity index (χ1n) is 9.17. The van der Waals surface area contributed by atoms with E-state index in [1.54, 1.807) is 12.3 Å². The minimum atomic E-state index is -3.05. The second kappa shape index (κ2) is 7.62. The molecule has 1 saturated heterocycles. The molecule has 0 aromatic carbocycles. The van der Waals surface area contributed by atoms with E-state index in [4.69, 9.17) is 0 Å². The molecule has 0 amide bonds. The molecule has 0 radical (unpaired) electrons. The Kier molecular flexibility index (Phi) is 5.15. The zero-order chi connectivity index (χ0) is 20.6. The SMILES string of the molecule is CS(=O)(=O)CC1CCCN(c2ccnc(-c3cnc4cnc(C(F)F)cn34)n2)C1. The summed E-state index contributed by atoms with van der Waals surface area (Å²) in [5, 5.41) is 0. The quantitative estimate of drug-likeness (QED) is 0.623. The first-order valence-corrected chi connectivity index (χ1v) is 11.2. The molecule has 29 heavy (non-hydrogen) atoms. The van der Waals surface area contributed by atoms with Gasteiger partial charge in [0.25, 0.3) is 6.43 Å². The highest BCUT2D eigenvalue weighted by atomic mass is 32.2. The van der Waals surface area contributed by atoms with E-state index in [1.807, 2.05) is 4.90 Å². The van der Waals surface area contributed by atoms with Gasteiger partial charge in [0, 0.05) is 31.7 Å². The monoisotopic (exact) mass is 422 g/mol. The summed E-state index contributed by atoms with van der Waals surface area (Å²) in [7, 11) is -3.05. The van der Waals surface area contributed by atoms with Crippen LogP contribution in [0, 0.1) is 5.92 Å². The van der Waals surface area contributed by atoms with Crippen LogP contribution in [0.2, 0.25) is 0 Å². The van der Waals surface area contributed by atoms with E-state index in [0.29, 0.717) is 29.5 Å². The first kappa shape index (κ1) is 19.6. The van der Waals surface area contributed by atoms with E-state index >= 15 is 0 Å². The van der Waals surface area contributed by atoms with E-state index in [0.717, 1.165) is 19.4 Å². The number of hydrogen-bond donors (Lipinski definition) is 0. The van der Waals surface area contributed by atoms with Crippen molar-refractivity contribution in [2.75, 3.05) is 30.0 Å². The Morgan fingerprint density at radius 3 is 2.83 bits per heavy atom. The molecular formula is C18H20F2N6O2S. The Morgan fingerprint density at radius 1 is 1.24 bits per heavy atom. The van der Waals surface area contributed by atoms with Gasteiger partial charge in [-0.1, -0.05) is 0 Å². The fourth-order valence-electron chi connectivity index (χ4n) is 3.67. The highest BCUT2D eigenvalue weighted by Crippen LogP contribution is 2.25. The Labute approximate surface area is 166 Å². The van der Waals surface area contributed by atoms with Gasteiger partial charge in [-0.15, -0.1) is 0 Å². The fourth-order valence-corrected chi connectivity index (χ4v) is 4.80. The summed E-state index contributed by atoms with van der Waals surface area (Å²) >= 11 is 0. The number of anilines is 1. The molecule has 0 aliphatic carbocycles. The van der Waals surface area contributed by atoms with Crippen LogP contribution in [0.1, 0.15) is 25.0 Å². The minimum Gasteiger partial charge on any atom is -0.356 e. The standard InChI is InChI=1S/C18H20F2N6O2S/c1-29(27,28)11-12-3-2-6-25(9-12)15-4-5-21-18(24-15)14-7-23-16-8-22-13(17(19)20)10-26(14)16/h4-5,7-8,10,12,17H,2-3,6,9,11H2,1H3. The lowest BCUT2D eigenvalue weighted by atomic mass is 10.0. The molecule has 0 spiro atoms. The van der Waals surface area contributed by atoms with Gasteiger partial charge in [0.1, 0.15) is 27.0 Å². The lowest BCUT2D eigenvalue weighted by Crippen LogP contribution is -2.38. The number of piperidine rings is 1. The number of rotatable bonds is 5. The third kappa shape index (κ3) is 4.34. The molecule has 4 heterocycles. The largest absolute Gasteiger partial charge is 0.356 e. The topological polar surface area (TPSA) is 93.4 Å². The van der Waals surface area contributed by atoms with Crippen molar-refractivity contribution in [1.29, 1.82) is 0 Å². The van der Waals surface area contributed by atoms with Gasteiger partial charge >= 0.3 is 0 Å². The number of hydrogen-bond acceptors (Lipinski definition) is 7. The molecule has 3 aromatic heterocycles. The van der Waals surface area contributed by atoms with Crippen LogP contribution in [0.25, 0.3) is 17.2 Å². The van der Waals surface area contributed by atoms with E-state index in [9.17, 15) is 17.2 Å². The highest BCUT2D eigenvalue weighted by molar-refractivity contribution is 7.90. The molecular weight excluding hydrogens is 402 g/mol. The van der Waals surface area contributed by atoms with Gasteiger partial charge in [0.05, 0.1) is 18.1 Å². The molecule has 1 aliphatic heterocycles. The van der Waals surface area contributed by atoms with Crippen molar-refractivity contribution in [1.82, 2.24) is 24.3 Å². The van der Waals surface area contributed by atoms with Gasteiger partial charge in [-0.05, 0) is 24.8 Å². The molecule has 0 N–H and O–H groups in total. The summed E-state index contributed by atoms with van der Waals surface area (Å²) in [6.07, 6.45) is 5.94. The average molecular weight is 422 g/mol. The third-order valence-corrected chi connectivity index (χ3v) is 5.97. The van der Waals surface area contributed by atoms with Crippen molar-refractivity contribution in [2.45, 2.75) is 19.3 Å². The Hall–Kier alpha value is -2.69. The number of alkyl halides is 2. The van der Waals surface area contributed by atoms with Crippen LogP contribution >= 0.6 is 0 Å². The normalized spacial score (nSPS) is 17.9. The van der Waals surface area contributed by atoms with Crippen LogP contribution in [0.3, 0.4) is 0 Å². The molecule has 154 valence electrons. The van der Waals surface area contributed by atoms with E-state index in [1.165, 1.54) is 29.2 Å². The van der Waals surface area contributed by atoms with E-state index in [2.05, 4.69) is 19.9 Å². The van der Waals surface area contributed by atoms with Gasteiger partial charge < -0.3 is 4.90 Å². The van der Waals surface area contributed by atoms with Crippen molar-refractivity contribution in [3.8, 4) is 11.5 Å². The van der Waals surface area contributed by atoms with Crippen LogP contribution in [-0.4, -0.2) is 57.9 Å². The summed E-state index contributed by atoms with van der Waals surface area (Å²) in [6, 6.07) is 1.77. The lowest BCUT2D eigenvalue weighted by Gasteiger charge is -2.33. The van der Waals surface area contributed by atoms with E-state index in [-0.39, 0.29) is 17.4 Å². The van der Waals surface area contributed by atoms with Crippen molar-refractivity contribution < 1.29 is 17.2 Å². The van der Waals surface area contributed by atoms with Crippen LogP contribution in [0.4, 0.5) is 14.6 Å². The predicted octanol–water partition coefficient (Wildman–Crippen LogP) is 2.38. The van der Waals surface area contributed by atoms with Crippen LogP contribution in [0.5, 0.6) is 0 Å². The average Bonchev–Trinajstić information content (AvgIpc) is 3.10. The van der Waals surface area contributed by atoms with Crippen LogP contribution in [0.15, 0.2) is 30.9 Å². The van der Waals surface area contributed by atoms with Crippen LogP contribution < -0.4 is 4.90 Å². The molecule has 1 aliphatic rings.